The van der Waals surface area contributed by atoms with Crippen molar-refractivity contribution in [3.63, 3.8) is 0 Å². The lowest BCUT2D eigenvalue weighted by Gasteiger charge is -2.18. The second kappa shape index (κ2) is 6.73. The molecule has 1 nitrogen and oxygen atoms in total. The Morgan fingerprint density at radius 3 is 2.76 bits per heavy atom. The van der Waals surface area contributed by atoms with E-state index < -0.39 is 0 Å². The second-order valence-corrected chi connectivity index (χ2v) is 7.35. The maximum atomic E-state index is 3.74. The molecule has 3 heteroatoms. The van der Waals surface area contributed by atoms with Gasteiger partial charge in [-0.2, -0.15) is 0 Å². The molecule has 1 N–H and O–H groups in total. The van der Waals surface area contributed by atoms with Crippen LogP contribution in [0.1, 0.15) is 41.6 Å². The fourth-order valence-electron chi connectivity index (χ4n) is 2.64. The summed E-state index contributed by atoms with van der Waals surface area (Å²) in [6.45, 7) is 5.50. The highest BCUT2D eigenvalue weighted by Gasteiger charge is 2.18. The molecule has 0 aliphatic heterocycles. The van der Waals surface area contributed by atoms with Crippen LogP contribution in [0, 0.1) is 0 Å². The van der Waals surface area contributed by atoms with Gasteiger partial charge in [0.15, 0.2) is 0 Å². The van der Waals surface area contributed by atoms with Gasteiger partial charge in [0.05, 0.1) is 6.04 Å². The Morgan fingerprint density at radius 2 is 2.00 bits per heavy atom. The molecule has 0 amide bonds. The molecule has 0 bridgehead atoms. The van der Waals surface area contributed by atoms with E-state index in [0.29, 0.717) is 6.04 Å². The summed E-state index contributed by atoms with van der Waals surface area (Å²) in [5.41, 5.74) is 1.42. The van der Waals surface area contributed by atoms with Crippen molar-refractivity contribution in [3.8, 4) is 0 Å². The molecule has 0 spiro atoms. The number of hydrogen-bond donors (Lipinski definition) is 1. The smallest absolute Gasteiger partial charge is 0.0685 e. The minimum absolute atomic E-state index is 0.317. The zero-order valence-electron chi connectivity index (χ0n) is 12.6. The lowest BCUT2D eigenvalue weighted by atomic mass is 10.0. The first-order chi connectivity index (χ1) is 10.3. The Balaban J connectivity index is 2.04. The van der Waals surface area contributed by atoms with Crippen molar-refractivity contribution in [2.24, 2.45) is 0 Å². The van der Waals surface area contributed by atoms with Gasteiger partial charge in [0, 0.05) is 14.5 Å². The van der Waals surface area contributed by atoms with Gasteiger partial charge in [0.25, 0.3) is 0 Å². The highest BCUT2D eigenvalue weighted by atomic mass is 32.1. The monoisotopic (exact) mass is 315 g/mol. The molecular formula is C18H21NS2. The van der Waals surface area contributed by atoms with Gasteiger partial charge >= 0.3 is 0 Å². The molecule has 110 valence electrons. The Labute approximate surface area is 134 Å². The highest BCUT2D eigenvalue weighted by Crippen LogP contribution is 2.35. The molecule has 2 heterocycles. The van der Waals surface area contributed by atoms with Gasteiger partial charge in [-0.1, -0.05) is 32.0 Å². The van der Waals surface area contributed by atoms with Gasteiger partial charge in [-0.15, -0.1) is 22.7 Å². The summed E-state index contributed by atoms with van der Waals surface area (Å²) in [5.74, 6) is 0. The number of benzene rings is 1. The SMILES string of the molecule is CCCNC(c1ccc(CC)s1)c1cccc2ccsc12. The molecule has 0 radical (unpaired) electrons. The molecule has 0 aliphatic rings. The molecule has 21 heavy (non-hydrogen) atoms. The number of rotatable bonds is 6. The second-order valence-electron chi connectivity index (χ2n) is 5.23. The average molecular weight is 316 g/mol. The molecule has 0 saturated heterocycles. The van der Waals surface area contributed by atoms with Crippen molar-refractivity contribution in [1.29, 1.82) is 0 Å². The third-order valence-corrected chi connectivity index (χ3v) is 6.01. The Bertz CT molecular complexity index is 711. The van der Waals surface area contributed by atoms with Crippen LogP contribution in [-0.4, -0.2) is 6.54 Å². The fourth-order valence-corrected chi connectivity index (χ4v) is 4.63. The summed E-state index contributed by atoms with van der Waals surface area (Å²) in [5, 5.41) is 7.28. The topological polar surface area (TPSA) is 12.0 Å². The van der Waals surface area contributed by atoms with Crippen LogP contribution < -0.4 is 5.32 Å². The molecule has 0 fully saturated rings. The standard InChI is InChI=1S/C18H21NS2/c1-3-11-19-17(16-9-8-14(4-2)21-16)15-7-5-6-13-10-12-20-18(13)15/h5-10,12,17,19H,3-4,11H2,1-2H3. The van der Waals surface area contributed by atoms with Gasteiger partial charge < -0.3 is 5.32 Å². The molecule has 2 aromatic heterocycles. The first-order valence-electron chi connectivity index (χ1n) is 7.61. The van der Waals surface area contributed by atoms with E-state index in [0.717, 1.165) is 19.4 Å². The fraction of sp³-hybridized carbons (Fsp3) is 0.333. The van der Waals surface area contributed by atoms with Crippen molar-refractivity contribution in [2.75, 3.05) is 6.54 Å². The largest absolute Gasteiger partial charge is 0.306 e. The quantitative estimate of drug-likeness (QED) is 0.623. The van der Waals surface area contributed by atoms with Crippen LogP contribution in [0.15, 0.2) is 41.8 Å². The zero-order valence-corrected chi connectivity index (χ0v) is 14.2. The summed E-state index contributed by atoms with van der Waals surface area (Å²) in [6.07, 6.45) is 2.28. The van der Waals surface area contributed by atoms with E-state index in [1.165, 1.54) is 25.4 Å². The Morgan fingerprint density at radius 1 is 1.10 bits per heavy atom. The third-order valence-electron chi connectivity index (χ3n) is 3.73. The van der Waals surface area contributed by atoms with Crippen molar-refractivity contribution < 1.29 is 0 Å². The van der Waals surface area contributed by atoms with Crippen LogP contribution in [0.4, 0.5) is 0 Å². The average Bonchev–Trinajstić information content (AvgIpc) is 3.16. The van der Waals surface area contributed by atoms with Gasteiger partial charge in [-0.25, -0.2) is 0 Å². The molecular weight excluding hydrogens is 294 g/mol. The predicted molar refractivity (Wildman–Crippen MR) is 95.7 cm³/mol. The van der Waals surface area contributed by atoms with Crippen molar-refractivity contribution in [2.45, 2.75) is 32.7 Å². The van der Waals surface area contributed by atoms with Gasteiger partial charge in [0.1, 0.15) is 0 Å². The van der Waals surface area contributed by atoms with Crippen LogP contribution in [0.5, 0.6) is 0 Å². The van der Waals surface area contributed by atoms with Crippen molar-refractivity contribution in [1.82, 2.24) is 5.32 Å². The van der Waals surface area contributed by atoms with Crippen molar-refractivity contribution in [3.05, 3.63) is 57.1 Å². The van der Waals surface area contributed by atoms with Crippen molar-refractivity contribution >= 4 is 32.8 Å². The molecule has 1 unspecified atom stereocenters. The highest BCUT2D eigenvalue weighted by molar-refractivity contribution is 7.17. The first-order valence-corrected chi connectivity index (χ1v) is 9.31. The minimum Gasteiger partial charge on any atom is -0.306 e. The van der Waals surface area contributed by atoms with Crippen LogP contribution >= 0.6 is 22.7 Å². The first kappa shape index (κ1) is 14.8. The van der Waals surface area contributed by atoms with E-state index in [4.69, 9.17) is 0 Å². The lowest BCUT2D eigenvalue weighted by Crippen LogP contribution is -2.22. The molecule has 1 atom stereocenters. The predicted octanol–water partition coefficient (Wildman–Crippen LogP) is 5.61. The summed E-state index contributed by atoms with van der Waals surface area (Å²) in [4.78, 5) is 2.90. The summed E-state index contributed by atoms with van der Waals surface area (Å²) in [7, 11) is 0. The molecule has 1 aromatic carbocycles. The lowest BCUT2D eigenvalue weighted by molar-refractivity contribution is 0.609. The maximum absolute atomic E-state index is 3.74. The van der Waals surface area contributed by atoms with E-state index in [2.05, 4.69) is 60.9 Å². The van der Waals surface area contributed by atoms with Crippen LogP contribution in [-0.2, 0) is 6.42 Å². The van der Waals surface area contributed by atoms with Crippen LogP contribution in [0.3, 0.4) is 0 Å². The van der Waals surface area contributed by atoms with Crippen LogP contribution in [0.2, 0.25) is 0 Å². The van der Waals surface area contributed by atoms with E-state index >= 15 is 0 Å². The number of nitrogens with one attached hydrogen (secondary N) is 1. The third kappa shape index (κ3) is 3.05. The summed E-state index contributed by atoms with van der Waals surface area (Å²) in [6, 6.07) is 13.8. The summed E-state index contributed by atoms with van der Waals surface area (Å²) < 4.78 is 1.41. The van der Waals surface area contributed by atoms with E-state index in [1.54, 1.807) is 0 Å². The summed E-state index contributed by atoms with van der Waals surface area (Å²) >= 11 is 3.79. The number of hydrogen-bond acceptors (Lipinski definition) is 3. The zero-order chi connectivity index (χ0) is 14.7. The van der Waals surface area contributed by atoms with E-state index in [-0.39, 0.29) is 0 Å². The normalized spacial score (nSPS) is 12.9. The Hall–Kier alpha value is -1.16. The van der Waals surface area contributed by atoms with E-state index in [9.17, 15) is 0 Å². The van der Waals surface area contributed by atoms with Gasteiger partial charge in [0.2, 0.25) is 0 Å². The van der Waals surface area contributed by atoms with Crippen LogP contribution in [0.25, 0.3) is 10.1 Å². The van der Waals surface area contributed by atoms with Gasteiger partial charge in [-0.05, 0) is 53.9 Å². The van der Waals surface area contributed by atoms with E-state index in [1.807, 2.05) is 22.7 Å². The molecule has 3 rings (SSSR count). The minimum atomic E-state index is 0.317. The Kier molecular flexibility index (Phi) is 4.73. The molecule has 0 saturated carbocycles. The number of fused-ring (bicyclic) bond motifs is 1. The molecule has 0 aliphatic carbocycles. The molecule has 3 aromatic rings. The number of thiophene rings is 2. The maximum Gasteiger partial charge on any atom is 0.0685 e. The number of aryl methyl sites for hydroxylation is 1. The van der Waals surface area contributed by atoms with Gasteiger partial charge in [-0.3, -0.25) is 0 Å².